The molecule has 76 valence electrons. The summed E-state index contributed by atoms with van der Waals surface area (Å²) >= 11 is 0. The van der Waals surface area contributed by atoms with Gasteiger partial charge in [-0.25, -0.2) is 0 Å². The molecule has 1 aromatic carbocycles. The average molecular weight is 192 g/mol. The van der Waals surface area contributed by atoms with Gasteiger partial charge in [0.1, 0.15) is 11.9 Å². The molecule has 1 atom stereocenters. The molecule has 0 aliphatic carbocycles. The lowest BCUT2D eigenvalue weighted by Crippen LogP contribution is -2.08. The molecule has 0 aliphatic heterocycles. The fraction of sp³-hybridized carbons (Fsp3) is 0.333. The van der Waals surface area contributed by atoms with Crippen molar-refractivity contribution in [3.05, 3.63) is 42.5 Å². The molecule has 0 spiro atoms. The van der Waals surface area contributed by atoms with E-state index >= 15 is 0 Å². The molecule has 1 unspecified atom stereocenters. The van der Waals surface area contributed by atoms with Crippen LogP contribution in [0, 0.1) is 0 Å². The quantitative estimate of drug-likeness (QED) is 0.743. The maximum absolute atomic E-state index is 9.62. The molecule has 0 bridgehead atoms. The molecule has 0 aliphatic rings. The van der Waals surface area contributed by atoms with Gasteiger partial charge in [-0.3, -0.25) is 0 Å². The Kier molecular flexibility index (Phi) is 3.72. The molecule has 0 heterocycles. The highest BCUT2D eigenvalue weighted by Gasteiger charge is 2.10. The summed E-state index contributed by atoms with van der Waals surface area (Å²) in [7, 11) is 0. The predicted octanol–water partition coefficient (Wildman–Crippen LogP) is 2.69. The summed E-state index contributed by atoms with van der Waals surface area (Å²) in [5, 5.41) is 9.62. The Morgan fingerprint density at radius 2 is 2.00 bits per heavy atom. The molecule has 2 nitrogen and oxygen atoms in total. The summed E-state index contributed by atoms with van der Waals surface area (Å²) in [6, 6.07) is 7.44. The van der Waals surface area contributed by atoms with E-state index in [1.807, 2.05) is 38.1 Å². The van der Waals surface area contributed by atoms with Crippen molar-refractivity contribution in [1.82, 2.24) is 0 Å². The third kappa shape index (κ3) is 2.60. The van der Waals surface area contributed by atoms with Crippen molar-refractivity contribution in [3.8, 4) is 5.75 Å². The number of aliphatic hydroxyl groups is 1. The normalized spacial score (nSPS) is 12.6. The molecule has 0 aromatic heterocycles. The smallest absolute Gasteiger partial charge is 0.125 e. The van der Waals surface area contributed by atoms with Gasteiger partial charge in [0.05, 0.1) is 6.10 Å². The van der Waals surface area contributed by atoms with Crippen LogP contribution in [0.5, 0.6) is 5.75 Å². The molecule has 0 saturated heterocycles. The number of hydrogen-bond acceptors (Lipinski definition) is 2. The number of benzene rings is 1. The first-order chi connectivity index (χ1) is 6.65. The highest BCUT2D eigenvalue weighted by Crippen LogP contribution is 2.26. The van der Waals surface area contributed by atoms with Gasteiger partial charge in [0.25, 0.3) is 0 Å². The Hall–Kier alpha value is -1.28. The van der Waals surface area contributed by atoms with E-state index in [0.29, 0.717) is 0 Å². The SMILES string of the molecule is C=CC(O)c1ccccc1OC(C)C. The van der Waals surface area contributed by atoms with Gasteiger partial charge in [0, 0.05) is 5.56 Å². The minimum atomic E-state index is -0.662. The van der Waals surface area contributed by atoms with Crippen molar-refractivity contribution in [2.75, 3.05) is 0 Å². The summed E-state index contributed by atoms with van der Waals surface area (Å²) in [5.41, 5.74) is 0.760. The van der Waals surface area contributed by atoms with Crippen LogP contribution in [-0.2, 0) is 0 Å². The monoisotopic (exact) mass is 192 g/mol. The Balaban J connectivity index is 2.96. The third-order valence-electron chi connectivity index (χ3n) is 1.82. The molecule has 1 aromatic rings. The van der Waals surface area contributed by atoms with Crippen LogP contribution in [0.3, 0.4) is 0 Å². The van der Waals surface area contributed by atoms with E-state index in [2.05, 4.69) is 6.58 Å². The second-order valence-electron chi connectivity index (χ2n) is 3.38. The van der Waals surface area contributed by atoms with Gasteiger partial charge >= 0.3 is 0 Å². The van der Waals surface area contributed by atoms with Crippen molar-refractivity contribution in [2.24, 2.45) is 0 Å². The van der Waals surface area contributed by atoms with E-state index < -0.39 is 6.10 Å². The molecule has 0 saturated carbocycles. The van der Waals surface area contributed by atoms with Crippen LogP contribution in [0.25, 0.3) is 0 Å². The standard InChI is InChI=1S/C12H16O2/c1-4-11(13)10-7-5-6-8-12(10)14-9(2)3/h4-9,11,13H,1H2,2-3H3. The van der Waals surface area contributed by atoms with Crippen LogP contribution in [0.15, 0.2) is 36.9 Å². The predicted molar refractivity (Wildman–Crippen MR) is 57.4 cm³/mol. The van der Waals surface area contributed by atoms with E-state index in [0.717, 1.165) is 11.3 Å². The maximum Gasteiger partial charge on any atom is 0.125 e. The van der Waals surface area contributed by atoms with Crippen molar-refractivity contribution in [3.63, 3.8) is 0 Å². The highest BCUT2D eigenvalue weighted by molar-refractivity contribution is 5.36. The Bertz CT molecular complexity index is 305. The number of ether oxygens (including phenoxy) is 1. The fourth-order valence-corrected chi connectivity index (χ4v) is 1.21. The Morgan fingerprint density at radius 1 is 1.36 bits per heavy atom. The number of rotatable bonds is 4. The van der Waals surface area contributed by atoms with Gasteiger partial charge in [-0.2, -0.15) is 0 Å². The van der Waals surface area contributed by atoms with Crippen LogP contribution in [0.1, 0.15) is 25.5 Å². The first-order valence-electron chi connectivity index (χ1n) is 4.71. The number of para-hydroxylation sites is 1. The molecular weight excluding hydrogens is 176 g/mol. The lowest BCUT2D eigenvalue weighted by Gasteiger charge is -2.15. The topological polar surface area (TPSA) is 29.5 Å². The summed E-state index contributed by atoms with van der Waals surface area (Å²) in [6.45, 7) is 7.46. The van der Waals surface area contributed by atoms with Gasteiger partial charge < -0.3 is 9.84 Å². The van der Waals surface area contributed by atoms with E-state index in [1.165, 1.54) is 6.08 Å². The molecule has 1 N–H and O–H groups in total. The third-order valence-corrected chi connectivity index (χ3v) is 1.82. The van der Waals surface area contributed by atoms with E-state index in [4.69, 9.17) is 4.74 Å². The van der Waals surface area contributed by atoms with Crippen LogP contribution >= 0.6 is 0 Å². The van der Waals surface area contributed by atoms with Crippen LogP contribution < -0.4 is 4.74 Å². The van der Waals surface area contributed by atoms with Crippen molar-refractivity contribution < 1.29 is 9.84 Å². The molecule has 2 heteroatoms. The average Bonchev–Trinajstić information content (AvgIpc) is 2.16. The second kappa shape index (κ2) is 4.82. The van der Waals surface area contributed by atoms with Gasteiger partial charge in [-0.15, -0.1) is 6.58 Å². The lowest BCUT2D eigenvalue weighted by atomic mass is 10.1. The first-order valence-corrected chi connectivity index (χ1v) is 4.71. The van der Waals surface area contributed by atoms with Gasteiger partial charge in [-0.1, -0.05) is 24.3 Å². The molecule has 1 rings (SSSR count). The van der Waals surface area contributed by atoms with Gasteiger partial charge in [-0.05, 0) is 19.9 Å². The van der Waals surface area contributed by atoms with Crippen molar-refractivity contribution in [2.45, 2.75) is 26.1 Å². The van der Waals surface area contributed by atoms with Crippen LogP contribution in [0.2, 0.25) is 0 Å². The van der Waals surface area contributed by atoms with Gasteiger partial charge in [0.2, 0.25) is 0 Å². The second-order valence-corrected chi connectivity index (χ2v) is 3.38. The van der Waals surface area contributed by atoms with Gasteiger partial charge in [0.15, 0.2) is 0 Å². The van der Waals surface area contributed by atoms with Crippen molar-refractivity contribution >= 4 is 0 Å². The highest BCUT2D eigenvalue weighted by atomic mass is 16.5. The fourth-order valence-electron chi connectivity index (χ4n) is 1.21. The Morgan fingerprint density at radius 3 is 2.57 bits per heavy atom. The minimum absolute atomic E-state index is 0.105. The molecule has 14 heavy (non-hydrogen) atoms. The number of hydrogen-bond donors (Lipinski definition) is 1. The largest absolute Gasteiger partial charge is 0.491 e. The van der Waals surface area contributed by atoms with Crippen LogP contribution in [-0.4, -0.2) is 11.2 Å². The van der Waals surface area contributed by atoms with E-state index in [9.17, 15) is 5.11 Å². The van der Waals surface area contributed by atoms with Crippen LogP contribution in [0.4, 0.5) is 0 Å². The minimum Gasteiger partial charge on any atom is -0.491 e. The molecule has 0 radical (unpaired) electrons. The molecular formula is C12H16O2. The lowest BCUT2D eigenvalue weighted by molar-refractivity contribution is 0.203. The molecule has 0 fully saturated rings. The zero-order valence-corrected chi connectivity index (χ0v) is 8.60. The zero-order chi connectivity index (χ0) is 10.6. The van der Waals surface area contributed by atoms with Crippen molar-refractivity contribution in [1.29, 1.82) is 0 Å². The van der Waals surface area contributed by atoms with E-state index in [-0.39, 0.29) is 6.10 Å². The summed E-state index contributed by atoms with van der Waals surface area (Å²) < 4.78 is 5.56. The zero-order valence-electron chi connectivity index (χ0n) is 8.60. The molecule has 0 amide bonds. The summed E-state index contributed by atoms with van der Waals surface area (Å²) in [6.07, 6.45) is 0.931. The maximum atomic E-state index is 9.62. The summed E-state index contributed by atoms with van der Waals surface area (Å²) in [4.78, 5) is 0. The first kappa shape index (κ1) is 10.8. The Labute approximate surface area is 84.8 Å². The summed E-state index contributed by atoms with van der Waals surface area (Å²) in [5.74, 6) is 0.718. The van der Waals surface area contributed by atoms with E-state index in [1.54, 1.807) is 0 Å². The number of aliphatic hydroxyl groups excluding tert-OH is 1.